The van der Waals surface area contributed by atoms with E-state index < -0.39 is 11.7 Å². The summed E-state index contributed by atoms with van der Waals surface area (Å²) in [5.74, 6) is -0.137. The fraction of sp³-hybridized carbons (Fsp3) is 0.316. The first-order valence-corrected chi connectivity index (χ1v) is 9.57. The van der Waals surface area contributed by atoms with Crippen LogP contribution in [0, 0.1) is 0 Å². The van der Waals surface area contributed by atoms with E-state index in [9.17, 15) is 18.0 Å². The fourth-order valence-electron chi connectivity index (χ4n) is 2.86. The third kappa shape index (κ3) is 4.76. The van der Waals surface area contributed by atoms with Crippen molar-refractivity contribution in [2.45, 2.75) is 32.0 Å². The maximum atomic E-state index is 13.3. The number of hydrogen-bond acceptors (Lipinski definition) is 5. The van der Waals surface area contributed by atoms with E-state index in [0.29, 0.717) is 27.8 Å². The van der Waals surface area contributed by atoms with E-state index in [-0.39, 0.29) is 35.9 Å². The molecule has 0 radical (unpaired) electrons. The van der Waals surface area contributed by atoms with E-state index in [4.69, 9.17) is 10.5 Å². The standard InChI is InChI=1S/C19H18BrF3N4O2/c1-10(16-26-17-13(18(28)27-16)7-12(20)9-25-17)5-6-29-15-11(8-24)3-2-4-14(15)19(21,22)23/h2-4,7,9-10H,5-6,8,24H2,1H3,(H,25,26,27,28). The van der Waals surface area contributed by atoms with Crippen LogP contribution in [0.2, 0.25) is 0 Å². The van der Waals surface area contributed by atoms with Gasteiger partial charge in [0.1, 0.15) is 11.6 Å². The number of aromatic amines is 1. The van der Waals surface area contributed by atoms with E-state index in [1.807, 2.05) is 0 Å². The van der Waals surface area contributed by atoms with Crippen molar-refractivity contribution in [2.75, 3.05) is 6.61 Å². The van der Waals surface area contributed by atoms with Gasteiger partial charge in [0.05, 0.1) is 17.6 Å². The first kappa shape index (κ1) is 21.3. The average molecular weight is 471 g/mol. The minimum absolute atomic E-state index is 0.00320. The molecule has 0 bridgehead atoms. The monoisotopic (exact) mass is 470 g/mol. The molecule has 0 aliphatic carbocycles. The molecule has 1 unspecified atom stereocenters. The molecule has 0 saturated heterocycles. The molecule has 0 aliphatic heterocycles. The summed E-state index contributed by atoms with van der Waals surface area (Å²) in [4.78, 5) is 23.4. The summed E-state index contributed by atoms with van der Waals surface area (Å²) in [6, 6.07) is 5.38. The first-order chi connectivity index (χ1) is 13.7. The van der Waals surface area contributed by atoms with Crippen LogP contribution in [0.15, 0.2) is 39.7 Å². The summed E-state index contributed by atoms with van der Waals surface area (Å²) in [6.07, 6.45) is -2.67. The molecule has 0 fully saturated rings. The minimum atomic E-state index is -4.54. The van der Waals surface area contributed by atoms with Crippen LogP contribution in [0.4, 0.5) is 13.2 Å². The molecule has 3 N–H and O–H groups in total. The van der Waals surface area contributed by atoms with Crippen molar-refractivity contribution < 1.29 is 17.9 Å². The topological polar surface area (TPSA) is 93.9 Å². The Morgan fingerprint density at radius 3 is 2.79 bits per heavy atom. The number of alkyl halides is 3. The Morgan fingerprint density at radius 1 is 1.34 bits per heavy atom. The molecule has 10 heteroatoms. The van der Waals surface area contributed by atoms with Crippen molar-refractivity contribution >= 4 is 27.0 Å². The Bertz CT molecular complexity index is 1090. The number of nitrogens with zero attached hydrogens (tertiary/aromatic N) is 2. The van der Waals surface area contributed by atoms with Crippen molar-refractivity contribution in [3.63, 3.8) is 0 Å². The number of nitrogens with two attached hydrogens (primary N) is 1. The van der Waals surface area contributed by atoms with Gasteiger partial charge in [-0.2, -0.15) is 13.2 Å². The summed E-state index contributed by atoms with van der Waals surface area (Å²) >= 11 is 3.25. The van der Waals surface area contributed by atoms with Crippen LogP contribution in [0.25, 0.3) is 11.0 Å². The minimum Gasteiger partial charge on any atom is -0.493 e. The van der Waals surface area contributed by atoms with Crippen LogP contribution in [0.5, 0.6) is 5.75 Å². The lowest BCUT2D eigenvalue weighted by atomic mass is 10.1. The summed E-state index contributed by atoms with van der Waals surface area (Å²) < 4.78 is 45.9. The number of nitrogens with one attached hydrogen (secondary N) is 1. The van der Waals surface area contributed by atoms with Gasteiger partial charge in [-0.3, -0.25) is 4.79 Å². The number of hydrogen-bond donors (Lipinski definition) is 2. The number of halogens is 4. The van der Waals surface area contributed by atoms with Gasteiger partial charge in [-0.15, -0.1) is 0 Å². The molecule has 0 aliphatic rings. The number of aromatic nitrogens is 3. The van der Waals surface area contributed by atoms with Crippen LogP contribution >= 0.6 is 15.9 Å². The molecule has 1 aromatic carbocycles. The zero-order valence-corrected chi connectivity index (χ0v) is 17.0. The number of pyridine rings is 1. The smallest absolute Gasteiger partial charge is 0.419 e. The van der Waals surface area contributed by atoms with Gasteiger partial charge in [0.2, 0.25) is 0 Å². The molecular weight excluding hydrogens is 453 g/mol. The van der Waals surface area contributed by atoms with Crippen LogP contribution < -0.4 is 16.0 Å². The molecule has 0 spiro atoms. The third-order valence-electron chi connectivity index (χ3n) is 4.43. The van der Waals surface area contributed by atoms with Gasteiger partial charge in [0.15, 0.2) is 5.65 Å². The second-order valence-electron chi connectivity index (χ2n) is 6.51. The molecule has 154 valence electrons. The zero-order chi connectivity index (χ0) is 21.2. The summed E-state index contributed by atoms with van der Waals surface area (Å²) in [5.41, 5.74) is 4.94. The highest BCUT2D eigenvalue weighted by Gasteiger charge is 2.35. The Kier molecular flexibility index (Phi) is 6.23. The van der Waals surface area contributed by atoms with E-state index in [2.05, 4.69) is 30.9 Å². The summed E-state index contributed by atoms with van der Waals surface area (Å²) in [6.45, 7) is 1.72. The van der Waals surface area contributed by atoms with Crippen LogP contribution in [0.3, 0.4) is 0 Å². The van der Waals surface area contributed by atoms with Gasteiger partial charge in [0.25, 0.3) is 5.56 Å². The molecule has 0 amide bonds. The number of benzene rings is 1. The highest BCUT2D eigenvalue weighted by Crippen LogP contribution is 2.38. The fourth-order valence-corrected chi connectivity index (χ4v) is 3.19. The predicted molar refractivity (Wildman–Crippen MR) is 106 cm³/mol. The number of H-pyrrole nitrogens is 1. The first-order valence-electron chi connectivity index (χ1n) is 8.78. The molecule has 2 aromatic heterocycles. The highest BCUT2D eigenvalue weighted by atomic mass is 79.9. The second kappa shape index (κ2) is 8.50. The second-order valence-corrected chi connectivity index (χ2v) is 7.43. The van der Waals surface area contributed by atoms with Crippen LogP contribution in [0.1, 0.15) is 36.2 Å². The van der Waals surface area contributed by atoms with E-state index in [1.54, 1.807) is 13.0 Å². The summed E-state index contributed by atoms with van der Waals surface area (Å²) in [5, 5.41) is 0.346. The summed E-state index contributed by atoms with van der Waals surface area (Å²) in [7, 11) is 0. The van der Waals surface area contributed by atoms with Gasteiger partial charge in [-0.05, 0) is 34.5 Å². The van der Waals surface area contributed by atoms with Gasteiger partial charge in [-0.1, -0.05) is 19.1 Å². The van der Waals surface area contributed by atoms with Gasteiger partial charge in [-0.25, -0.2) is 9.97 Å². The van der Waals surface area contributed by atoms with Crippen molar-refractivity contribution in [3.05, 3.63) is 62.2 Å². The quantitative estimate of drug-likeness (QED) is 0.564. The molecular formula is C19H18BrF3N4O2. The van der Waals surface area contributed by atoms with Gasteiger partial charge in [0, 0.05) is 28.7 Å². The van der Waals surface area contributed by atoms with E-state index >= 15 is 0 Å². The Hall–Kier alpha value is -2.46. The Balaban J connectivity index is 1.77. The van der Waals surface area contributed by atoms with Crippen molar-refractivity contribution in [1.82, 2.24) is 15.0 Å². The maximum absolute atomic E-state index is 13.3. The Morgan fingerprint density at radius 2 is 2.10 bits per heavy atom. The van der Waals surface area contributed by atoms with E-state index in [0.717, 1.165) is 6.07 Å². The largest absolute Gasteiger partial charge is 0.493 e. The molecule has 6 nitrogen and oxygen atoms in total. The Labute approximate surface area is 172 Å². The van der Waals surface area contributed by atoms with Crippen molar-refractivity contribution in [3.8, 4) is 5.75 Å². The highest BCUT2D eigenvalue weighted by molar-refractivity contribution is 9.10. The molecule has 0 saturated carbocycles. The number of para-hydroxylation sites is 1. The lowest BCUT2D eigenvalue weighted by Crippen LogP contribution is -2.17. The number of ether oxygens (including phenoxy) is 1. The maximum Gasteiger partial charge on any atom is 0.419 e. The molecule has 2 heterocycles. The zero-order valence-electron chi connectivity index (χ0n) is 15.4. The lowest BCUT2D eigenvalue weighted by molar-refractivity contribution is -0.139. The number of fused-ring (bicyclic) bond motifs is 1. The lowest BCUT2D eigenvalue weighted by Gasteiger charge is -2.18. The van der Waals surface area contributed by atoms with Crippen molar-refractivity contribution in [1.29, 1.82) is 0 Å². The molecule has 3 rings (SSSR count). The van der Waals surface area contributed by atoms with Crippen LogP contribution in [-0.2, 0) is 12.7 Å². The van der Waals surface area contributed by atoms with E-state index in [1.165, 1.54) is 18.3 Å². The van der Waals surface area contributed by atoms with Gasteiger partial charge < -0.3 is 15.5 Å². The average Bonchev–Trinajstić information content (AvgIpc) is 2.67. The van der Waals surface area contributed by atoms with Crippen LogP contribution in [-0.4, -0.2) is 21.6 Å². The molecule has 29 heavy (non-hydrogen) atoms. The third-order valence-corrected chi connectivity index (χ3v) is 4.87. The van der Waals surface area contributed by atoms with Crippen molar-refractivity contribution in [2.24, 2.45) is 5.73 Å². The molecule has 1 atom stereocenters. The number of rotatable bonds is 6. The normalized spacial score (nSPS) is 12.9. The predicted octanol–water partition coefficient (Wildman–Crippen LogP) is 4.13. The molecule has 3 aromatic rings. The van der Waals surface area contributed by atoms with Gasteiger partial charge >= 0.3 is 6.18 Å². The SMILES string of the molecule is CC(CCOc1c(CN)cccc1C(F)(F)F)c1nc2ncc(Br)cc2c(=O)[nH]1.